The first-order valence-electron chi connectivity index (χ1n) is 8.40. The van der Waals surface area contributed by atoms with E-state index in [1.165, 1.54) is 5.56 Å². The number of anilines is 1. The molecular weight excluding hydrogens is 300 g/mol. The number of benzene rings is 2. The fourth-order valence-electron chi connectivity index (χ4n) is 3.03. The van der Waals surface area contributed by atoms with Crippen LogP contribution in [0.15, 0.2) is 48.5 Å². The van der Waals surface area contributed by atoms with Crippen LogP contribution in [0.25, 0.3) is 0 Å². The molecule has 0 aromatic heterocycles. The largest absolute Gasteiger partial charge is 0.378 e. The van der Waals surface area contributed by atoms with Gasteiger partial charge in [0, 0.05) is 18.8 Å². The Labute approximate surface area is 143 Å². The molecule has 0 unspecified atom stereocenters. The van der Waals surface area contributed by atoms with Crippen molar-refractivity contribution in [2.75, 3.05) is 31.6 Å². The Bertz CT molecular complexity index is 694. The van der Waals surface area contributed by atoms with Gasteiger partial charge in [-0.15, -0.1) is 0 Å². The average Bonchev–Trinajstić information content (AvgIpc) is 2.62. The third kappa shape index (κ3) is 3.77. The minimum Gasteiger partial charge on any atom is -0.378 e. The summed E-state index contributed by atoms with van der Waals surface area (Å²) in [4.78, 5) is 15.0. The normalized spacial score (nSPS) is 15.8. The van der Waals surface area contributed by atoms with Gasteiger partial charge in [-0.3, -0.25) is 4.79 Å². The van der Waals surface area contributed by atoms with Crippen LogP contribution in [0.5, 0.6) is 0 Å². The number of carbonyl (C=O) groups excluding carboxylic acids is 1. The number of nitrogens with zero attached hydrogens (tertiary/aromatic N) is 1. The molecule has 2 aromatic carbocycles. The molecule has 1 saturated heterocycles. The Morgan fingerprint density at radius 1 is 1.08 bits per heavy atom. The van der Waals surface area contributed by atoms with Gasteiger partial charge in [-0.1, -0.05) is 48.0 Å². The Morgan fingerprint density at radius 3 is 2.46 bits per heavy atom. The van der Waals surface area contributed by atoms with E-state index in [4.69, 9.17) is 4.74 Å². The minimum atomic E-state index is -0.384. The first kappa shape index (κ1) is 16.5. The Kier molecular flexibility index (Phi) is 5.16. The lowest BCUT2D eigenvalue weighted by atomic mass is 10.0. The van der Waals surface area contributed by atoms with Crippen molar-refractivity contribution in [3.63, 3.8) is 0 Å². The number of hydrogen-bond donors (Lipinski definition) is 1. The number of carbonyl (C=O) groups is 1. The van der Waals surface area contributed by atoms with Gasteiger partial charge in [0.1, 0.15) is 6.04 Å². The lowest BCUT2D eigenvalue weighted by Crippen LogP contribution is -2.44. The van der Waals surface area contributed by atoms with Crippen molar-refractivity contribution in [1.29, 1.82) is 0 Å². The molecule has 0 radical (unpaired) electrons. The van der Waals surface area contributed by atoms with Crippen molar-refractivity contribution in [1.82, 2.24) is 4.90 Å². The summed E-state index contributed by atoms with van der Waals surface area (Å²) in [7, 11) is 0. The number of nitrogens with one attached hydrogen (secondary N) is 1. The highest BCUT2D eigenvalue weighted by molar-refractivity contribution is 5.86. The Balaban J connectivity index is 1.88. The van der Waals surface area contributed by atoms with E-state index in [0.29, 0.717) is 26.3 Å². The van der Waals surface area contributed by atoms with Crippen molar-refractivity contribution in [2.45, 2.75) is 19.9 Å². The molecule has 4 heteroatoms. The first-order chi connectivity index (χ1) is 11.6. The van der Waals surface area contributed by atoms with Crippen molar-refractivity contribution in [3.8, 4) is 0 Å². The number of morpholine rings is 1. The van der Waals surface area contributed by atoms with E-state index in [-0.39, 0.29) is 11.9 Å². The fraction of sp³-hybridized carbons (Fsp3) is 0.350. The minimum absolute atomic E-state index is 0.101. The van der Waals surface area contributed by atoms with Crippen molar-refractivity contribution < 1.29 is 9.53 Å². The molecule has 1 fully saturated rings. The lowest BCUT2D eigenvalue weighted by Gasteiger charge is -2.31. The summed E-state index contributed by atoms with van der Waals surface area (Å²) >= 11 is 0. The summed E-state index contributed by atoms with van der Waals surface area (Å²) in [6, 6.07) is 15.8. The van der Waals surface area contributed by atoms with E-state index in [1.54, 1.807) is 0 Å². The molecule has 3 rings (SSSR count). The van der Waals surface area contributed by atoms with Crippen LogP contribution in [0.1, 0.15) is 22.7 Å². The van der Waals surface area contributed by atoms with Gasteiger partial charge in [0.2, 0.25) is 5.91 Å². The summed E-state index contributed by atoms with van der Waals surface area (Å²) in [6.07, 6.45) is 0. The van der Waals surface area contributed by atoms with Crippen LogP contribution in [-0.4, -0.2) is 37.1 Å². The second kappa shape index (κ2) is 7.49. The Hall–Kier alpha value is -2.33. The summed E-state index contributed by atoms with van der Waals surface area (Å²) < 4.78 is 5.37. The zero-order valence-electron chi connectivity index (χ0n) is 14.3. The molecule has 0 bridgehead atoms. The van der Waals surface area contributed by atoms with Crippen molar-refractivity contribution in [3.05, 3.63) is 65.2 Å². The smallest absolute Gasteiger partial charge is 0.249 e. The topological polar surface area (TPSA) is 41.6 Å². The van der Waals surface area contributed by atoms with E-state index in [1.807, 2.05) is 41.3 Å². The molecule has 1 heterocycles. The third-order valence-corrected chi connectivity index (χ3v) is 4.38. The zero-order chi connectivity index (χ0) is 16.9. The van der Waals surface area contributed by atoms with Gasteiger partial charge in [0.25, 0.3) is 0 Å². The predicted molar refractivity (Wildman–Crippen MR) is 96.1 cm³/mol. The maximum absolute atomic E-state index is 13.1. The van der Waals surface area contributed by atoms with Crippen LogP contribution in [0, 0.1) is 13.8 Å². The number of amides is 1. The van der Waals surface area contributed by atoms with Gasteiger partial charge in [0.05, 0.1) is 13.2 Å². The molecule has 1 aliphatic rings. The second-order valence-electron chi connectivity index (χ2n) is 6.24. The monoisotopic (exact) mass is 324 g/mol. The molecule has 1 N–H and O–H groups in total. The van der Waals surface area contributed by atoms with Gasteiger partial charge in [-0.25, -0.2) is 0 Å². The second-order valence-corrected chi connectivity index (χ2v) is 6.24. The number of hydrogen-bond acceptors (Lipinski definition) is 3. The van der Waals surface area contributed by atoms with E-state index >= 15 is 0 Å². The van der Waals surface area contributed by atoms with Gasteiger partial charge in [-0.05, 0) is 31.0 Å². The van der Waals surface area contributed by atoms with E-state index in [0.717, 1.165) is 16.8 Å². The number of ether oxygens (including phenoxy) is 1. The maximum atomic E-state index is 13.1. The SMILES string of the molecule is Cc1ccc(N[C@@H](C(=O)N2CCOCC2)c2ccccc2)c(C)c1. The summed E-state index contributed by atoms with van der Waals surface area (Å²) in [5.41, 5.74) is 4.34. The van der Waals surface area contributed by atoms with Gasteiger partial charge < -0.3 is 15.0 Å². The zero-order valence-corrected chi connectivity index (χ0v) is 14.3. The third-order valence-electron chi connectivity index (χ3n) is 4.38. The van der Waals surface area contributed by atoms with Gasteiger partial charge in [-0.2, -0.15) is 0 Å². The van der Waals surface area contributed by atoms with Crippen LogP contribution in [-0.2, 0) is 9.53 Å². The molecule has 1 aliphatic heterocycles. The Morgan fingerprint density at radius 2 is 1.79 bits per heavy atom. The van der Waals surface area contributed by atoms with Crippen LogP contribution < -0.4 is 5.32 Å². The van der Waals surface area contributed by atoms with Crippen molar-refractivity contribution >= 4 is 11.6 Å². The van der Waals surface area contributed by atoms with E-state index < -0.39 is 0 Å². The molecule has 24 heavy (non-hydrogen) atoms. The first-order valence-corrected chi connectivity index (χ1v) is 8.40. The van der Waals surface area contributed by atoms with E-state index in [2.05, 4.69) is 31.3 Å². The molecule has 0 spiro atoms. The van der Waals surface area contributed by atoms with Crippen LogP contribution >= 0.6 is 0 Å². The molecule has 4 nitrogen and oxygen atoms in total. The molecule has 2 aromatic rings. The van der Waals surface area contributed by atoms with Crippen molar-refractivity contribution in [2.24, 2.45) is 0 Å². The molecule has 0 aliphatic carbocycles. The molecule has 1 amide bonds. The number of aryl methyl sites for hydroxylation is 2. The van der Waals surface area contributed by atoms with Gasteiger partial charge in [0.15, 0.2) is 0 Å². The van der Waals surface area contributed by atoms with Gasteiger partial charge >= 0.3 is 0 Å². The standard InChI is InChI=1S/C20H24N2O2/c1-15-8-9-18(16(2)14-15)21-19(17-6-4-3-5-7-17)20(23)22-10-12-24-13-11-22/h3-9,14,19,21H,10-13H2,1-2H3/t19-/m1/s1. The highest BCUT2D eigenvalue weighted by atomic mass is 16.5. The lowest BCUT2D eigenvalue weighted by molar-refractivity contribution is -0.136. The average molecular weight is 324 g/mol. The van der Waals surface area contributed by atoms with Crippen LogP contribution in [0.2, 0.25) is 0 Å². The summed E-state index contributed by atoms with van der Waals surface area (Å²) in [5, 5.41) is 3.46. The quantitative estimate of drug-likeness (QED) is 0.938. The maximum Gasteiger partial charge on any atom is 0.249 e. The van der Waals surface area contributed by atoms with E-state index in [9.17, 15) is 4.79 Å². The fourth-order valence-corrected chi connectivity index (χ4v) is 3.03. The molecule has 126 valence electrons. The predicted octanol–water partition coefficient (Wildman–Crippen LogP) is 3.32. The summed E-state index contributed by atoms with van der Waals surface area (Å²) in [5.74, 6) is 0.101. The number of rotatable bonds is 4. The van der Waals surface area contributed by atoms with Crippen LogP contribution in [0.3, 0.4) is 0 Å². The molecule has 1 atom stereocenters. The highest BCUT2D eigenvalue weighted by Gasteiger charge is 2.27. The molecular formula is C20H24N2O2. The van der Waals surface area contributed by atoms with Crippen LogP contribution in [0.4, 0.5) is 5.69 Å². The highest BCUT2D eigenvalue weighted by Crippen LogP contribution is 2.25. The summed E-state index contributed by atoms with van der Waals surface area (Å²) in [6.45, 7) is 6.65. The molecule has 0 saturated carbocycles.